The molecule has 0 amide bonds. The van der Waals surface area contributed by atoms with E-state index in [2.05, 4.69) is 19.1 Å². The van der Waals surface area contributed by atoms with Gasteiger partial charge in [0.2, 0.25) is 0 Å². The lowest BCUT2D eigenvalue weighted by Gasteiger charge is -2.31. The maximum absolute atomic E-state index is 8.46. The third-order valence-corrected chi connectivity index (χ3v) is 6.08. The average Bonchev–Trinajstić information content (AvgIpc) is 2.58. The lowest BCUT2D eigenvalue weighted by molar-refractivity contribution is 0.224. The molecule has 0 unspecified atom stereocenters. The van der Waals surface area contributed by atoms with Gasteiger partial charge in [-0.05, 0) is 49.4 Å². The van der Waals surface area contributed by atoms with Crippen LogP contribution in [0.1, 0.15) is 77.6 Å². The largest absolute Gasteiger partial charge is 0.193 e. The van der Waals surface area contributed by atoms with Gasteiger partial charge in [0, 0.05) is 6.08 Å². The Morgan fingerprint density at radius 3 is 1.91 bits per heavy atom. The van der Waals surface area contributed by atoms with Crippen molar-refractivity contribution in [2.45, 2.75) is 77.6 Å². The van der Waals surface area contributed by atoms with Crippen LogP contribution in [-0.4, -0.2) is 0 Å². The molecule has 2 fully saturated rings. The van der Waals surface area contributed by atoms with Crippen molar-refractivity contribution in [2.75, 3.05) is 0 Å². The number of nitriles is 1. The first-order chi connectivity index (χ1) is 10.8. The molecule has 0 N–H and O–H groups in total. The summed E-state index contributed by atoms with van der Waals surface area (Å²) in [6.45, 7) is 2.36. The summed E-state index contributed by atoms with van der Waals surface area (Å²) in [7, 11) is 0. The molecule has 0 saturated heterocycles. The summed E-state index contributed by atoms with van der Waals surface area (Å²) in [5.41, 5.74) is 0. The highest BCUT2D eigenvalue weighted by Gasteiger charge is 2.23. The summed E-state index contributed by atoms with van der Waals surface area (Å²) < 4.78 is 0. The lowest BCUT2D eigenvalue weighted by atomic mass is 9.75. The van der Waals surface area contributed by atoms with Crippen LogP contribution >= 0.6 is 0 Å². The number of hydrogen-bond donors (Lipinski definition) is 0. The Balaban J connectivity index is 1.59. The zero-order chi connectivity index (χ0) is 15.6. The predicted molar refractivity (Wildman–Crippen MR) is 94.3 cm³/mol. The third-order valence-electron chi connectivity index (χ3n) is 6.08. The molecule has 0 radical (unpaired) electrons. The molecular formula is C21H33N. The summed E-state index contributed by atoms with van der Waals surface area (Å²) in [6.07, 6.45) is 23.7. The average molecular weight is 300 g/mol. The number of allylic oxidation sites excluding steroid dienone is 4. The summed E-state index contributed by atoms with van der Waals surface area (Å²) in [4.78, 5) is 0. The van der Waals surface area contributed by atoms with Crippen LogP contribution in [0.25, 0.3) is 0 Å². The minimum absolute atomic E-state index is 0.750. The van der Waals surface area contributed by atoms with Gasteiger partial charge >= 0.3 is 0 Å². The highest BCUT2D eigenvalue weighted by Crippen LogP contribution is 2.37. The summed E-state index contributed by atoms with van der Waals surface area (Å²) in [6, 6.07) is 2.03. The summed E-state index contributed by atoms with van der Waals surface area (Å²) >= 11 is 0. The number of rotatable bonds is 6. The fraction of sp³-hybridized carbons (Fsp3) is 0.762. The van der Waals surface area contributed by atoms with Crippen LogP contribution in [-0.2, 0) is 0 Å². The smallest absolute Gasteiger partial charge is 0.0912 e. The van der Waals surface area contributed by atoms with Crippen LogP contribution in [0, 0.1) is 35.0 Å². The van der Waals surface area contributed by atoms with E-state index in [0.717, 1.165) is 23.7 Å². The van der Waals surface area contributed by atoms with Gasteiger partial charge < -0.3 is 0 Å². The van der Waals surface area contributed by atoms with Gasteiger partial charge in [-0.15, -0.1) is 0 Å². The first-order valence-corrected chi connectivity index (χ1v) is 9.54. The molecule has 22 heavy (non-hydrogen) atoms. The van der Waals surface area contributed by atoms with Gasteiger partial charge in [0.05, 0.1) is 6.07 Å². The fourth-order valence-corrected chi connectivity index (χ4v) is 4.39. The molecule has 0 aromatic carbocycles. The van der Waals surface area contributed by atoms with Crippen LogP contribution in [0.2, 0.25) is 0 Å². The van der Waals surface area contributed by atoms with Crippen molar-refractivity contribution in [1.29, 1.82) is 5.26 Å². The van der Waals surface area contributed by atoms with E-state index >= 15 is 0 Å². The quantitative estimate of drug-likeness (QED) is 0.410. The molecule has 0 aliphatic heterocycles. The highest BCUT2D eigenvalue weighted by atomic mass is 14.3. The van der Waals surface area contributed by atoms with E-state index in [4.69, 9.17) is 5.26 Å². The first kappa shape index (κ1) is 17.3. The monoisotopic (exact) mass is 299 g/mol. The Bertz CT molecular complexity index is 385. The molecule has 2 aliphatic rings. The molecule has 1 nitrogen and oxygen atoms in total. The second-order valence-electron chi connectivity index (χ2n) is 7.53. The molecular weight excluding hydrogens is 266 g/mol. The van der Waals surface area contributed by atoms with E-state index in [1.165, 1.54) is 70.6 Å². The SMILES string of the molecule is CC[C@H]1CC[C@H](CC[C@H]2CC[C@H](C=CC=CC#N)CC2)CC1. The van der Waals surface area contributed by atoms with Crippen LogP contribution in [0.5, 0.6) is 0 Å². The minimum Gasteiger partial charge on any atom is -0.193 e. The topological polar surface area (TPSA) is 23.8 Å². The molecule has 0 heterocycles. The van der Waals surface area contributed by atoms with Crippen molar-refractivity contribution < 1.29 is 0 Å². The fourth-order valence-electron chi connectivity index (χ4n) is 4.39. The molecule has 0 bridgehead atoms. The van der Waals surface area contributed by atoms with Gasteiger partial charge in [-0.1, -0.05) is 70.1 Å². The van der Waals surface area contributed by atoms with E-state index in [1.807, 2.05) is 12.1 Å². The Morgan fingerprint density at radius 1 is 0.818 bits per heavy atom. The Morgan fingerprint density at radius 2 is 1.36 bits per heavy atom. The van der Waals surface area contributed by atoms with Crippen molar-refractivity contribution in [2.24, 2.45) is 23.7 Å². The van der Waals surface area contributed by atoms with E-state index in [0.29, 0.717) is 0 Å². The summed E-state index contributed by atoms with van der Waals surface area (Å²) in [5, 5.41) is 8.46. The second-order valence-corrected chi connectivity index (χ2v) is 7.53. The van der Waals surface area contributed by atoms with Gasteiger partial charge in [0.25, 0.3) is 0 Å². The molecule has 0 spiro atoms. The predicted octanol–water partition coefficient (Wildman–Crippen LogP) is 6.43. The molecule has 2 saturated carbocycles. The van der Waals surface area contributed by atoms with Crippen LogP contribution < -0.4 is 0 Å². The normalized spacial score (nSPS) is 33.3. The Kier molecular flexibility index (Phi) is 7.78. The van der Waals surface area contributed by atoms with Crippen LogP contribution in [0.4, 0.5) is 0 Å². The molecule has 0 aromatic heterocycles. The third kappa shape index (κ3) is 5.99. The van der Waals surface area contributed by atoms with Crippen molar-refractivity contribution in [3.05, 3.63) is 24.3 Å². The molecule has 0 atom stereocenters. The summed E-state index contributed by atoms with van der Waals surface area (Å²) in [5.74, 6) is 3.81. The van der Waals surface area contributed by atoms with Gasteiger partial charge in [-0.25, -0.2) is 0 Å². The van der Waals surface area contributed by atoms with Crippen molar-refractivity contribution >= 4 is 0 Å². The van der Waals surface area contributed by atoms with E-state index in [1.54, 1.807) is 6.08 Å². The molecule has 2 aliphatic carbocycles. The maximum Gasteiger partial charge on any atom is 0.0912 e. The van der Waals surface area contributed by atoms with E-state index < -0.39 is 0 Å². The van der Waals surface area contributed by atoms with E-state index in [9.17, 15) is 0 Å². The van der Waals surface area contributed by atoms with Gasteiger partial charge in [0.15, 0.2) is 0 Å². The maximum atomic E-state index is 8.46. The number of hydrogen-bond acceptors (Lipinski definition) is 1. The van der Waals surface area contributed by atoms with E-state index in [-0.39, 0.29) is 0 Å². The molecule has 0 aromatic rings. The van der Waals surface area contributed by atoms with Crippen molar-refractivity contribution in [3.63, 3.8) is 0 Å². The second kappa shape index (κ2) is 9.88. The van der Waals surface area contributed by atoms with Crippen LogP contribution in [0.3, 0.4) is 0 Å². The standard InChI is InChI=1S/C21H33N/c1-2-18-7-9-20(10-8-18)15-16-21-13-11-19(12-14-21)6-4-3-5-17-22/h3-6,18-21H,2,7-16H2,1H3/t18-,19-,20-,21-. The molecule has 2 rings (SSSR count). The zero-order valence-electron chi connectivity index (χ0n) is 14.3. The molecule has 1 heteroatoms. The lowest BCUT2D eigenvalue weighted by Crippen LogP contribution is -2.17. The van der Waals surface area contributed by atoms with Gasteiger partial charge in [0.1, 0.15) is 0 Å². The zero-order valence-corrected chi connectivity index (χ0v) is 14.3. The highest BCUT2D eigenvalue weighted by molar-refractivity contribution is 5.12. The Hall–Kier alpha value is -1.03. The van der Waals surface area contributed by atoms with Crippen LogP contribution in [0.15, 0.2) is 24.3 Å². The van der Waals surface area contributed by atoms with Crippen molar-refractivity contribution in [1.82, 2.24) is 0 Å². The molecule has 122 valence electrons. The van der Waals surface area contributed by atoms with Gasteiger partial charge in [-0.3, -0.25) is 0 Å². The minimum atomic E-state index is 0.750. The Labute approximate surface area is 137 Å². The van der Waals surface area contributed by atoms with Crippen molar-refractivity contribution in [3.8, 4) is 6.07 Å². The number of nitrogens with zero attached hydrogens (tertiary/aromatic N) is 1. The first-order valence-electron chi connectivity index (χ1n) is 9.54. The van der Waals surface area contributed by atoms with Gasteiger partial charge in [-0.2, -0.15) is 5.26 Å².